The highest BCUT2D eigenvalue weighted by molar-refractivity contribution is 7.47. The van der Waals surface area contributed by atoms with E-state index in [1.807, 2.05) is 0 Å². The molecule has 2 unspecified atom stereocenters. The number of phosphoric acid groups is 1. The highest BCUT2D eigenvalue weighted by Gasteiger charge is 2.24. The average Bonchev–Trinajstić information content (AvgIpc) is 2.31. The Morgan fingerprint density at radius 2 is 1.76 bits per heavy atom. The number of hydrogen-bond acceptors (Lipinski definition) is 8. The van der Waals surface area contributed by atoms with Gasteiger partial charge in [0.05, 0.1) is 26.4 Å². The Balaban J connectivity index is 3.98. The van der Waals surface area contributed by atoms with E-state index in [2.05, 4.69) is 13.8 Å². The van der Waals surface area contributed by atoms with Gasteiger partial charge < -0.3 is 24.9 Å². The molecule has 0 saturated carbocycles. The van der Waals surface area contributed by atoms with Crippen molar-refractivity contribution in [3.8, 4) is 0 Å². The number of phosphoric ester groups is 1. The zero-order valence-electron chi connectivity index (χ0n) is 8.84. The lowest BCUT2D eigenvalue weighted by Crippen LogP contribution is -2.24. The fourth-order valence-electron chi connectivity index (χ4n) is 0.661. The van der Waals surface area contributed by atoms with Gasteiger partial charge in [-0.05, 0) is 0 Å². The Morgan fingerprint density at radius 1 is 1.18 bits per heavy atom. The first-order valence-electron chi connectivity index (χ1n) is 4.56. The Hall–Kier alpha value is -0.540. The van der Waals surface area contributed by atoms with Crippen molar-refractivity contribution in [2.75, 3.05) is 26.4 Å². The molecule has 0 aromatic rings. The minimum absolute atomic E-state index is 0.0585. The van der Waals surface area contributed by atoms with Crippen LogP contribution in [0.2, 0.25) is 0 Å². The van der Waals surface area contributed by atoms with Crippen LogP contribution in [0.15, 0.2) is 0 Å². The molecular weight excluding hydrogens is 259 g/mol. The van der Waals surface area contributed by atoms with E-state index in [0.29, 0.717) is 0 Å². The van der Waals surface area contributed by atoms with Crippen LogP contribution >= 0.6 is 7.82 Å². The largest absolute Gasteiger partial charge is 0.472 e. The summed E-state index contributed by atoms with van der Waals surface area (Å²) < 4.78 is 24.1. The van der Waals surface area contributed by atoms with Crippen LogP contribution in [0.1, 0.15) is 0 Å². The molecule has 0 aromatic heterocycles. The van der Waals surface area contributed by atoms with Crippen molar-refractivity contribution in [3.05, 3.63) is 0 Å². The highest BCUT2D eigenvalue weighted by atomic mass is 31.2. The molecule has 102 valence electrons. The standard InChI is InChI=1S/C7H15O9P/c8-1-6(11)3-15-17(12,13)16-4-7(2-9)14-5-10/h5-9,11H,1-4H2,(H,12,13)/t6?,7-/m1/s1. The lowest BCUT2D eigenvalue weighted by molar-refractivity contribution is -0.137. The summed E-state index contributed by atoms with van der Waals surface area (Å²) in [7, 11) is -4.43. The second-order valence-corrected chi connectivity index (χ2v) is 4.39. The maximum absolute atomic E-state index is 11.2. The molecule has 0 heterocycles. The van der Waals surface area contributed by atoms with Crippen LogP contribution in [0, 0.1) is 0 Å². The minimum Gasteiger partial charge on any atom is -0.460 e. The summed E-state index contributed by atoms with van der Waals surface area (Å²) in [6.07, 6.45) is -2.39. The van der Waals surface area contributed by atoms with Gasteiger partial charge in [0.1, 0.15) is 12.2 Å². The molecule has 0 spiro atoms. The molecule has 0 aromatic carbocycles. The molecule has 0 radical (unpaired) electrons. The molecular formula is C7H15O9P. The van der Waals surface area contributed by atoms with Crippen molar-refractivity contribution < 1.29 is 43.4 Å². The van der Waals surface area contributed by atoms with Gasteiger partial charge in [0.15, 0.2) is 0 Å². The van der Waals surface area contributed by atoms with E-state index < -0.39 is 46.5 Å². The second-order valence-electron chi connectivity index (χ2n) is 2.93. The van der Waals surface area contributed by atoms with Crippen LogP contribution in [0.5, 0.6) is 0 Å². The van der Waals surface area contributed by atoms with Gasteiger partial charge in [-0.2, -0.15) is 0 Å². The predicted molar refractivity (Wildman–Crippen MR) is 52.8 cm³/mol. The van der Waals surface area contributed by atoms with Gasteiger partial charge >= 0.3 is 7.82 Å². The number of aliphatic hydroxyl groups excluding tert-OH is 3. The third-order valence-electron chi connectivity index (χ3n) is 1.52. The van der Waals surface area contributed by atoms with Gasteiger partial charge in [-0.15, -0.1) is 0 Å². The predicted octanol–water partition coefficient (Wildman–Crippen LogP) is -1.99. The molecule has 0 rings (SSSR count). The van der Waals surface area contributed by atoms with Gasteiger partial charge in [0.25, 0.3) is 6.47 Å². The fourth-order valence-corrected chi connectivity index (χ4v) is 1.45. The third-order valence-corrected chi connectivity index (χ3v) is 2.47. The normalized spacial score (nSPS) is 18.1. The molecule has 0 saturated heterocycles. The summed E-state index contributed by atoms with van der Waals surface area (Å²) in [5.74, 6) is 0. The molecule has 10 heteroatoms. The SMILES string of the molecule is O=CO[C@H](CO)COP(=O)(O)OCC(O)CO. The van der Waals surface area contributed by atoms with Gasteiger partial charge in [-0.1, -0.05) is 0 Å². The Kier molecular flexibility index (Phi) is 8.26. The van der Waals surface area contributed by atoms with Crippen molar-refractivity contribution in [1.82, 2.24) is 0 Å². The minimum atomic E-state index is -4.43. The Bertz CT molecular complexity index is 258. The average molecular weight is 274 g/mol. The molecule has 0 aliphatic rings. The molecule has 0 bridgehead atoms. The third kappa shape index (κ3) is 8.22. The lowest BCUT2D eigenvalue weighted by atomic mass is 10.4. The quantitative estimate of drug-likeness (QED) is 0.263. The number of ether oxygens (including phenoxy) is 1. The molecule has 3 atom stereocenters. The lowest BCUT2D eigenvalue weighted by Gasteiger charge is -2.16. The van der Waals surface area contributed by atoms with Crippen LogP contribution in [0.25, 0.3) is 0 Å². The summed E-state index contributed by atoms with van der Waals surface area (Å²) in [5, 5.41) is 25.9. The Morgan fingerprint density at radius 3 is 2.24 bits per heavy atom. The molecule has 0 aliphatic heterocycles. The first-order chi connectivity index (χ1) is 7.95. The second kappa shape index (κ2) is 8.54. The van der Waals surface area contributed by atoms with Crippen LogP contribution in [-0.4, -0.2) is 65.3 Å². The smallest absolute Gasteiger partial charge is 0.460 e. The van der Waals surface area contributed by atoms with E-state index in [1.165, 1.54) is 0 Å². The van der Waals surface area contributed by atoms with Crippen molar-refractivity contribution in [2.24, 2.45) is 0 Å². The number of rotatable bonds is 10. The fraction of sp³-hybridized carbons (Fsp3) is 0.857. The zero-order chi connectivity index (χ0) is 13.3. The summed E-state index contributed by atoms with van der Waals surface area (Å²) in [5.41, 5.74) is 0. The summed E-state index contributed by atoms with van der Waals surface area (Å²) >= 11 is 0. The Labute approximate surface area is 97.2 Å². The molecule has 9 nitrogen and oxygen atoms in total. The maximum Gasteiger partial charge on any atom is 0.472 e. The molecule has 17 heavy (non-hydrogen) atoms. The van der Waals surface area contributed by atoms with Crippen LogP contribution in [-0.2, 0) is 23.1 Å². The number of hydrogen-bond donors (Lipinski definition) is 4. The van der Waals surface area contributed by atoms with Gasteiger partial charge in [-0.25, -0.2) is 4.57 Å². The topological polar surface area (TPSA) is 143 Å². The molecule has 4 N–H and O–H groups in total. The van der Waals surface area contributed by atoms with Gasteiger partial charge in [0, 0.05) is 0 Å². The maximum atomic E-state index is 11.2. The van der Waals surface area contributed by atoms with E-state index in [0.717, 1.165) is 0 Å². The zero-order valence-corrected chi connectivity index (χ0v) is 9.73. The number of aliphatic hydroxyl groups is 3. The monoisotopic (exact) mass is 274 g/mol. The van der Waals surface area contributed by atoms with E-state index >= 15 is 0 Å². The van der Waals surface area contributed by atoms with Crippen molar-refractivity contribution >= 4 is 14.3 Å². The summed E-state index contributed by atoms with van der Waals surface area (Å²) in [6.45, 7) is -2.30. The van der Waals surface area contributed by atoms with Gasteiger partial charge in [0.2, 0.25) is 0 Å². The summed E-state index contributed by atoms with van der Waals surface area (Å²) in [6, 6.07) is 0. The molecule has 0 amide bonds. The van der Waals surface area contributed by atoms with E-state index in [1.54, 1.807) is 0 Å². The van der Waals surface area contributed by atoms with E-state index in [-0.39, 0.29) is 6.47 Å². The molecule has 0 aliphatic carbocycles. The molecule has 0 fully saturated rings. The van der Waals surface area contributed by atoms with E-state index in [9.17, 15) is 9.36 Å². The number of carbonyl (C=O) groups is 1. The summed E-state index contributed by atoms with van der Waals surface area (Å²) in [4.78, 5) is 19.0. The van der Waals surface area contributed by atoms with Crippen molar-refractivity contribution in [3.63, 3.8) is 0 Å². The van der Waals surface area contributed by atoms with Gasteiger partial charge in [-0.3, -0.25) is 13.8 Å². The van der Waals surface area contributed by atoms with Crippen LogP contribution in [0.3, 0.4) is 0 Å². The first-order valence-corrected chi connectivity index (χ1v) is 6.05. The number of carbonyl (C=O) groups excluding carboxylic acids is 1. The van der Waals surface area contributed by atoms with Crippen molar-refractivity contribution in [2.45, 2.75) is 12.2 Å². The van der Waals surface area contributed by atoms with Crippen LogP contribution in [0.4, 0.5) is 0 Å². The van der Waals surface area contributed by atoms with E-state index in [4.69, 9.17) is 20.2 Å². The highest BCUT2D eigenvalue weighted by Crippen LogP contribution is 2.43. The van der Waals surface area contributed by atoms with Crippen LogP contribution < -0.4 is 0 Å². The van der Waals surface area contributed by atoms with Crippen molar-refractivity contribution in [1.29, 1.82) is 0 Å². The first kappa shape index (κ1) is 16.5.